The Hall–Kier alpha value is -0.820. The molecule has 1 heterocycles. The highest BCUT2D eigenvalue weighted by Crippen LogP contribution is 2.31. The summed E-state index contributed by atoms with van der Waals surface area (Å²) in [6.07, 6.45) is 27.5. The second kappa shape index (κ2) is 13.8. The fourth-order valence-electron chi connectivity index (χ4n) is 2.92. The minimum Gasteiger partial charge on any atom is -0.370 e. The lowest BCUT2D eigenvalue weighted by molar-refractivity contribution is 0.352. The maximum absolute atomic E-state index is 5.75. The van der Waals surface area contributed by atoms with Gasteiger partial charge in [0.15, 0.2) is 0 Å². The van der Waals surface area contributed by atoms with E-state index in [4.69, 9.17) is 4.74 Å². The molecular weight excluding hydrogens is 268 g/mol. The minimum absolute atomic E-state index is 0.544. The van der Waals surface area contributed by atoms with E-state index < -0.39 is 0 Å². The average molecular weight is 305 g/mol. The van der Waals surface area contributed by atoms with E-state index in [1.807, 2.05) is 12.2 Å². The molecule has 0 N–H and O–H groups in total. The quantitative estimate of drug-likeness (QED) is 0.185. The van der Waals surface area contributed by atoms with E-state index in [0.29, 0.717) is 12.2 Å². The zero-order valence-corrected chi connectivity index (χ0v) is 14.6. The molecule has 0 aromatic carbocycles. The second-order valence-corrected chi connectivity index (χ2v) is 6.46. The lowest BCUT2D eigenvalue weighted by Gasteiger charge is -2.01. The van der Waals surface area contributed by atoms with Gasteiger partial charge in [-0.1, -0.05) is 102 Å². The third-order valence-electron chi connectivity index (χ3n) is 4.39. The van der Waals surface area contributed by atoms with Gasteiger partial charge in [0.1, 0.15) is 0 Å². The number of rotatable bonds is 15. The molecule has 1 saturated heterocycles. The van der Waals surface area contributed by atoms with Crippen LogP contribution in [0.5, 0.6) is 0 Å². The molecule has 0 saturated carbocycles. The van der Waals surface area contributed by atoms with Crippen molar-refractivity contribution in [2.24, 2.45) is 0 Å². The molecule has 1 nitrogen and oxygen atoms in total. The van der Waals surface area contributed by atoms with Crippen LogP contribution in [0.3, 0.4) is 0 Å². The van der Waals surface area contributed by atoms with Crippen molar-refractivity contribution in [3.05, 3.63) is 37.0 Å². The number of ether oxygens (including phenoxy) is 1. The van der Waals surface area contributed by atoms with Crippen LogP contribution < -0.4 is 0 Å². The van der Waals surface area contributed by atoms with E-state index >= 15 is 0 Å². The van der Waals surface area contributed by atoms with Crippen LogP contribution in [0.2, 0.25) is 0 Å². The van der Waals surface area contributed by atoms with Crippen LogP contribution in [-0.2, 0) is 4.74 Å². The van der Waals surface area contributed by atoms with Crippen LogP contribution in [0.25, 0.3) is 0 Å². The zero-order chi connectivity index (χ0) is 15.9. The third-order valence-corrected chi connectivity index (χ3v) is 4.39. The summed E-state index contributed by atoms with van der Waals surface area (Å²) in [6.45, 7) is 5.93. The van der Waals surface area contributed by atoms with E-state index in [1.54, 1.807) is 6.08 Å². The highest BCUT2D eigenvalue weighted by Gasteiger charge is 2.36. The Balaban J connectivity index is 1.81. The predicted octanol–water partition coefficient (Wildman–Crippen LogP) is 6.75. The SMILES string of the molecule is C=C/C=C/C=C/CC[C@@H]1O[C@@H]1CCCCCCCCCCC. The summed E-state index contributed by atoms with van der Waals surface area (Å²) in [7, 11) is 0. The van der Waals surface area contributed by atoms with Gasteiger partial charge in [-0.05, 0) is 19.3 Å². The fraction of sp³-hybridized carbons (Fsp3) is 0.714. The highest BCUT2D eigenvalue weighted by molar-refractivity contribution is 5.08. The molecule has 2 atom stereocenters. The second-order valence-electron chi connectivity index (χ2n) is 6.46. The molecule has 1 fully saturated rings. The first-order chi connectivity index (χ1) is 10.9. The molecule has 1 heteroatoms. The molecule has 0 unspecified atom stereocenters. The summed E-state index contributed by atoms with van der Waals surface area (Å²) in [5, 5.41) is 0. The van der Waals surface area contributed by atoms with Crippen molar-refractivity contribution >= 4 is 0 Å². The summed E-state index contributed by atoms with van der Waals surface area (Å²) < 4.78 is 5.75. The van der Waals surface area contributed by atoms with Gasteiger partial charge in [0, 0.05) is 0 Å². The molecule has 0 aliphatic carbocycles. The van der Waals surface area contributed by atoms with Gasteiger partial charge in [0.2, 0.25) is 0 Å². The van der Waals surface area contributed by atoms with Crippen LogP contribution in [0.15, 0.2) is 37.0 Å². The molecule has 0 bridgehead atoms. The minimum atomic E-state index is 0.544. The third kappa shape index (κ3) is 10.8. The van der Waals surface area contributed by atoms with Crippen molar-refractivity contribution in [1.29, 1.82) is 0 Å². The van der Waals surface area contributed by atoms with E-state index in [1.165, 1.54) is 70.6 Å². The Morgan fingerprint density at radius 1 is 0.773 bits per heavy atom. The van der Waals surface area contributed by atoms with E-state index in [-0.39, 0.29) is 0 Å². The fourth-order valence-corrected chi connectivity index (χ4v) is 2.92. The van der Waals surface area contributed by atoms with Crippen LogP contribution in [-0.4, -0.2) is 12.2 Å². The average Bonchev–Trinajstić information content (AvgIpc) is 3.27. The largest absolute Gasteiger partial charge is 0.370 e. The smallest absolute Gasteiger partial charge is 0.0844 e. The molecule has 1 rings (SSSR count). The van der Waals surface area contributed by atoms with Crippen molar-refractivity contribution in [2.45, 2.75) is 96.2 Å². The first-order valence-corrected chi connectivity index (χ1v) is 9.48. The molecule has 1 aliphatic heterocycles. The number of epoxide rings is 1. The lowest BCUT2D eigenvalue weighted by atomic mass is 10.0. The predicted molar refractivity (Wildman–Crippen MR) is 98.2 cm³/mol. The molecule has 126 valence electrons. The topological polar surface area (TPSA) is 12.5 Å². The van der Waals surface area contributed by atoms with Crippen LogP contribution in [0.1, 0.15) is 84.0 Å². The first-order valence-electron chi connectivity index (χ1n) is 9.48. The summed E-state index contributed by atoms with van der Waals surface area (Å²) in [5.74, 6) is 0. The highest BCUT2D eigenvalue weighted by atomic mass is 16.6. The Labute approximate surface area is 138 Å². The Morgan fingerprint density at radius 3 is 2.09 bits per heavy atom. The van der Waals surface area contributed by atoms with Gasteiger partial charge in [-0.25, -0.2) is 0 Å². The van der Waals surface area contributed by atoms with Gasteiger partial charge in [-0.3, -0.25) is 0 Å². The van der Waals surface area contributed by atoms with Gasteiger partial charge in [-0.15, -0.1) is 0 Å². The maximum atomic E-state index is 5.75. The van der Waals surface area contributed by atoms with E-state index in [9.17, 15) is 0 Å². The van der Waals surface area contributed by atoms with Crippen molar-refractivity contribution in [3.8, 4) is 0 Å². The van der Waals surface area contributed by atoms with Crippen molar-refractivity contribution in [2.75, 3.05) is 0 Å². The van der Waals surface area contributed by atoms with Crippen molar-refractivity contribution in [1.82, 2.24) is 0 Å². The maximum Gasteiger partial charge on any atom is 0.0844 e. The molecule has 0 spiro atoms. The first kappa shape index (κ1) is 19.2. The number of unbranched alkanes of at least 4 members (excludes halogenated alkanes) is 8. The van der Waals surface area contributed by atoms with Crippen LogP contribution in [0.4, 0.5) is 0 Å². The van der Waals surface area contributed by atoms with Gasteiger partial charge >= 0.3 is 0 Å². The van der Waals surface area contributed by atoms with Crippen LogP contribution in [0, 0.1) is 0 Å². The summed E-state index contributed by atoms with van der Waals surface area (Å²) >= 11 is 0. The van der Waals surface area contributed by atoms with Gasteiger partial charge in [-0.2, -0.15) is 0 Å². The lowest BCUT2D eigenvalue weighted by Crippen LogP contribution is -1.93. The van der Waals surface area contributed by atoms with E-state index in [0.717, 1.165) is 6.42 Å². The molecule has 1 aliphatic rings. The van der Waals surface area contributed by atoms with Gasteiger partial charge in [0.25, 0.3) is 0 Å². The van der Waals surface area contributed by atoms with Crippen molar-refractivity contribution in [3.63, 3.8) is 0 Å². The molecule has 22 heavy (non-hydrogen) atoms. The van der Waals surface area contributed by atoms with Crippen molar-refractivity contribution < 1.29 is 4.74 Å². The number of hydrogen-bond donors (Lipinski definition) is 0. The number of hydrogen-bond acceptors (Lipinski definition) is 1. The van der Waals surface area contributed by atoms with Gasteiger partial charge in [0.05, 0.1) is 12.2 Å². The normalized spacial score (nSPS) is 21.0. The van der Waals surface area contributed by atoms with Gasteiger partial charge < -0.3 is 4.74 Å². The molecule has 0 radical (unpaired) electrons. The summed E-state index contributed by atoms with van der Waals surface area (Å²) in [6, 6.07) is 0. The Bertz CT molecular complexity index is 316. The standard InChI is InChI=1S/C21H36O/c1-3-5-7-9-11-12-13-15-17-19-21-20(22-21)18-16-14-10-8-6-4-2/h4,6,8,10,14,20-21H,2-3,5,7,9,11-13,15-19H2,1H3/b8-6+,14-10+/t20-,21+/m0/s1. The summed E-state index contributed by atoms with van der Waals surface area (Å²) in [5.41, 5.74) is 0. The zero-order valence-electron chi connectivity index (χ0n) is 14.6. The van der Waals surface area contributed by atoms with E-state index in [2.05, 4.69) is 25.7 Å². The molecule has 0 aromatic rings. The molecule has 0 aromatic heterocycles. The Morgan fingerprint density at radius 2 is 1.41 bits per heavy atom. The monoisotopic (exact) mass is 304 g/mol. The molecular formula is C21H36O. The van der Waals surface area contributed by atoms with Crippen LogP contribution >= 0.6 is 0 Å². The molecule has 0 amide bonds. The Kier molecular flexibility index (Phi) is 12.1. The number of allylic oxidation sites excluding steroid dienone is 5. The summed E-state index contributed by atoms with van der Waals surface area (Å²) in [4.78, 5) is 0.